The zero-order chi connectivity index (χ0) is 21.5. The minimum absolute atomic E-state index is 0.535. The molecule has 30 heavy (non-hydrogen) atoms. The van der Waals surface area contributed by atoms with Crippen LogP contribution in [0, 0.1) is 19.8 Å². The van der Waals surface area contributed by atoms with Gasteiger partial charge in [-0.15, -0.1) is 0 Å². The van der Waals surface area contributed by atoms with Crippen molar-refractivity contribution in [2.45, 2.75) is 78.9 Å². The first-order valence-corrected chi connectivity index (χ1v) is 11.9. The third-order valence-electron chi connectivity index (χ3n) is 6.59. The zero-order valence-electron chi connectivity index (χ0n) is 19.7. The number of rotatable bonds is 7. The molecule has 2 saturated heterocycles. The van der Waals surface area contributed by atoms with Crippen LogP contribution < -0.4 is 10.6 Å². The van der Waals surface area contributed by atoms with Gasteiger partial charge in [-0.05, 0) is 79.3 Å². The Hall–Kier alpha value is -1.60. The molecule has 3 heterocycles. The molecule has 0 aromatic carbocycles. The van der Waals surface area contributed by atoms with Gasteiger partial charge in [0.2, 0.25) is 5.89 Å². The Labute approximate surface area is 182 Å². The Kier molecular flexibility index (Phi) is 8.57. The van der Waals surface area contributed by atoms with Crippen molar-refractivity contribution >= 4 is 5.96 Å². The molecular formula is C23H42N6O. The van der Waals surface area contributed by atoms with E-state index in [1.165, 1.54) is 38.8 Å². The van der Waals surface area contributed by atoms with Gasteiger partial charge in [-0.1, -0.05) is 0 Å². The largest absolute Gasteiger partial charge is 0.444 e. The molecule has 170 valence electrons. The molecule has 3 rings (SSSR count). The topological polar surface area (TPSA) is 68.9 Å². The van der Waals surface area contributed by atoms with Gasteiger partial charge in [0.15, 0.2) is 5.96 Å². The molecule has 0 amide bonds. The molecule has 0 atom stereocenters. The summed E-state index contributed by atoms with van der Waals surface area (Å²) in [5.74, 6) is 3.44. The fraction of sp³-hybridized carbons (Fsp3) is 0.826. The van der Waals surface area contributed by atoms with Gasteiger partial charge in [0, 0.05) is 38.3 Å². The van der Waals surface area contributed by atoms with Crippen LogP contribution in [0.4, 0.5) is 0 Å². The van der Waals surface area contributed by atoms with Crippen LogP contribution in [0.1, 0.15) is 63.8 Å². The molecule has 0 saturated carbocycles. The molecular weight excluding hydrogens is 376 g/mol. The van der Waals surface area contributed by atoms with E-state index in [1.807, 2.05) is 13.8 Å². The van der Waals surface area contributed by atoms with Crippen molar-refractivity contribution < 1.29 is 4.42 Å². The molecule has 2 fully saturated rings. The van der Waals surface area contributed by atoms with E-state index in [9.17, 15) is 0 Å². The van der Waals surface area contributed by atoms with Gasteiger partial charge in [0.05, 0.1) is 12.2 Å². The maximum atomic E-state index is 5.75. The standard InChI is InChI=1S/C23H42N6O/c1-6-24-23(27-21-9-13-29(14-10-21)17(2)3)25-15-20-7-11-28(12-8-20)16-22-26-18(4)19(5)30-22/h17,20-21H,6-16H2,1-5H3,(H2,24,25,27). The van der Waals surface area contributed by atoms with Crippen molar-refractivity contribution in [3.63, 3.8) is 0 Å². The molecule has 0 bridgehead atoms. The maximum Gasteiger partial charge on any atom is 0.208 e. The van der Waals surface area contributed by atoms with Crippen molar-refractivity contribution in [3.8, 4) is 0 Å². The lowest BCUT2D eigenvalue weighted by Crippen LogP contribution is -2.50. The van der Waals surface area contributed by atoms with Crippen molar-refractivity contribution in [1.29, 1.82) is 0 Å². The molecule has 7 heteroatoms. The second kappa shape index (κ2) is 11.1. The number of aromatic nitrogens is 1. The highest BCUT2D eigenvalue weighted by Crippen LogP contribution is 2.20. The Balaban J connectivity index is 1.42. The smallest absolute Gasteiger partial charge is 0.208 e. The first-order chi connectivity index (χ1) is 14.4. The van der Waals surface area contributed by atoms with Crippen LogP contribution in [0.25, 0.3) is 0 Å². The number of oxazole rings is 1. The quantitative estimate of drug-likeness (QED) is 0.524. The lowest BCUT2D eigenvalue weighted by Gasteiger charge is -2.35. The highest BCUT2D eigenvalue weighted by atomic mass is 16.4. The summed E-state index contributed by atoms with van der Waals surface area (Å²) in [6.07, 6.45) is 4.77. The van der Waals surface area contributed by atoms with E-state index in [0.717, 1.165) is 56.0 Å². The van der Waals surface area contributed by atoms with Crippen LogP contribution in [-0.4, -0.2) is 72.1 Å². The summed E-state index contributed by atoms with van der Waals surface area (Å²) in [6, 6.07) is 1.18. The van der Waals surface area contributed by atoms with E-state index < -0.39 is 0 Å². The Morgan fingerprint density at radius 2 is 1.83 bits per heavy atom. The Morgan fingerprint density at radius 3 is 2.40 bits per heavy atom. The lowest BCUT2D eigenvalue weighted by molar-refractivity contribution is 0.165. The van der Waals surface area contributed by atoms with Crippen LogP contribution in [0.5, 0.6) is 0 Å². The normalized spacial score (nSPS) is 20.8. The number of piperidine rings is 2. The van der Waals surface area contributed by atoms with E-state index in [0.29, 0.717) is 18.0 Å². The molecule has 1 aromatic rings. The van der Waals surface area contributed by atoms with Crippen LogP contribution in [-0.2, 0) is 6.54 Å². The van der Waals surface area contributed by atoms with Crippen LogP contribution >= 0.6 is 0 Å². The summed E-state index contributed by atoms with van der Waals surface area (Å²) < 4.78 is 5.75. The molecule has 2 aliphatic rings. The van der Waals surface area contributed by atoms with E-state index in [-0.39, 0.29) is 0 Å². The number of nitrogens with one attached hydrogen (secondary N) is 2. The number of likely N-dealkylation sites (tertiary alicyclic amines) is 2. The molecule has 2 N–H and O–H groups in total. The van der Waals surface area contributed by atoms with Gasteiger partial charge in [-0.3, -0.25) is 9.89 Å². The number of hydrogen-bond acceptors (Lipinski definition) is 5. The van der Waals surface area contributed by atoms with E-state index in [2.05, 4.69) is 46.2 Å². The van der Waals surface area contributed by atoms with E-state index >= 15 is 0 Å². The monoisotopic (exact) mass is 418 g/mol. The zero-order valence-corrected chi connectivity index (χ0v) is 19.7. The molecule has 0 aliphatic carbocycles. The predicted octanol–water partition coefficient (Wildman–Crippen LogP) is 2.93. The van der Waals surface area contributed by atoms with Gasteiger partial charge >= 0.3 is 0 Å². The fourth-order valence-electron chi connectivity index (χ4n) is 4.42. The number of aliphatic imine (C=N–C) groups is 1. The molecule has 0 radical (unpaired) electrons. The highest BCUT2D eigenvalue weighted by molar-refractivity contribution is 5.80. The minimum atomic E-state index is 0.535. The number of hydrogen-bond donors (Lipinski definition) is 2. The van der Waals surface area contributed by atoms with Crippen LogP contribution in [0.15, 0.2) is 9.41 Å². The lowest BCUT2D eigenvalue weighted by atomic mass is 9.97. The summed E-state index contributed by atoms with van der Waals surface area (Å²) in [5, 5.41) is 7.13. The summed E-state index contributed by atoms with van der Waals surface area (Å²) in [7, 11) is 0. The number of aryl methyl sites for hydroxylation is 2. The molecule has 7 nitrogen and oxygen atoms in total. The van der Waals surface area contributed by atoms with Crippen molar-refractivity contribution in [3.05, 3.63) is 17.3 Å². The van der Waals surface area contributed by atoms with Gasteiger partial charge < -0.3 is 20.0 Å². The molecule has 0 spiro atoms. The van der Waals surface area contributed by atoms with Gasteiger partial charge in [-0.2, -0.15) is 0 Å². The third-order valence-corrected chi connectivity index (χ3v) is 6.59. The Morgan fingerprint density at radius 1 is 1.13 bits per heavy atom. The van der Waals surface area contributed by atoms with Crippen molar-refractivity contribution in [2.75, 3.05) is 39.3 Å². The van der Waals surface area contributed by atoms with Crippen LogP contribution in [0.3, 0.4) is 0 Å². The molecule has 1 aromatic heterocycles. The molecule has 2 aliphatic heterocycles. The summed E-state index contributed by atoms with van der Waals surface area (Å²) >= 11 is 0. The maximum absolute atomic E-state index is 5.75. The summed E-state index contributed by atoms with van der Waals surface area (Å²) in [6.45, 7) is 17.9. The number of nitrogens with zero attached hydrogens (tertiary/aromatic N) is 4. The third kappa shape index (κ3) is 6.71. The van der Waals surface area contributed by atoms with Crippen molar-refractivity contribution in [2.24, 2.45) is 10.9 Å². The average molecular weight is 419 g/mol. The van der Waals surface area contributed by atoms with Gasteiger partial charge in [-0.25, -0.2) is 4.98 Å². The van der Waals surface area contributed by atoms with Crippen LogP contribution in [0.2, 0.25) is 0 Å². The first-order valence-electron chi connectivity index (χ1n) is 11.9. The predicted molar refractivity (Wildman–Crippen MR) is 123 cm³/mol. The second-order valence-electron chi connectivity index (χ2n) is 9.24. The number of guanidine groups is 1. The minimum Gasteiger partial charge on any atom is -0.444 e. The second-order valence-corrected chi connectivity index (χ2v) is 9.24. The highest BCUT2D eigenvalue weighted by Gasteiger charge is 2.23. The van der Waals surface area contributed by atoms with Crippen molar-refractivity contribution in [1.82, 2.24) is 25.4 Å². The Bertz CT molecular complexity index is 650. The first kappa shape index (κ1) is 23.1. The fourth-order valence-corrected chi connectivity index (χ4v) is 4.42. The average Bonchev–Trinajstić information content (AvgIpc) is 3.04. The van der Waals surface area contributed by atoms with E-state index in [1.54, 1.807) is 0 Å². The SMILES string of the molecule is CCNC(=NCC1CCN(Cc2nc(C)c(C)o2)CC1)NC1CCN(C(C)C)CC1. The summed E-state index contributed by atoms with van der Waals surface area (Å²) in [4.78, 5) is 14.5. The van der Waals surface area contributed by atoms with Gasteiger partial charge in [0.25, 0.3) is 0 Å². The van der Waals surface area contributed by atoms with E-state index in [4.69, 9.17) is 9.41 Å². The summed E-state index contributed by atoms with van der Waals surface area (Å²) in [5.41, 5.74) is 1.01. The van der Waals surface area contributed by atoms with Gasteiger partial charge in [0.1, 0.15) is 5.76 Å². The molecule has 0 unspecified atom stereocenters.